The fourth-order valence-electron chi connectivity index (χ4n) is 3.98. The minimum absolute atomic E-state index is 0.393. The van der Waals surface area contributed by atoms with Gasteiger partial charge in [-0.2, -0.15) is 5.10 Å². The van der Waals surface area contributed by atoms with E-state index in [1.807, 2.05) is 36.0 Å². The van der Waals surface area contributed by atoms with Crippen LogP contribution >= 0.6 is 0 Å². The van der Waals surface area contributed by atoms with Crippen LogP contribution in [0, 0.1) is 18.8 Å². The van der Waals surface area contributed by atoms with Gasteiger partial charge in [0.15, 0.2) is 0 Å². The smallest absolute Gasteiger partial charge is 0.0735 e. The van der Waals surface area contributed by atoms with Crippen LogP contribution in [0.15, 0.2) is 79.3 Å². The van der Waals surface area contributed by atoms with E-state index in [2.05, 4.69) is 65.5 Å². The van der Waals surface area contributed by atoms with Crippen LogP contribution in [0.5, 0.6) is 0 Å². The fraction of sp³-hybridized carbons (Fsp3) is 0.154. The highest BCUT2D eigenvalue weighted by Gasteiger charge is 2.27. The molecule has 1 atom stereocenters. The lowest BCUT2D eigenvalue weighted by molar-refractivity contribution is 0.726. The zero-order valence-electron chi connectivity index (χ0n) is 16.3. The lowest BCUT2D eigenvalue weighted by Gasteiger charge is -2.10. The maximum Gasteiger partial charge on any atom is 0.0735 e. The van der Waals surface area contributed by atoms with E-state index in [0.717, 1.165) is 35.2 Å². The van der Waals surface area contributed by atoms with Gasteiger partial charge < -0.3 is 0 Å². The zero-order valence-corrected chi connectivity index (χ0v) is 16.3. The lowest BCUT2D eigenvalue weighted by atomic mass is 9.97. The summed E-state index contributed by atoms with van der Waals surface area (Å²) in [5, 5.41) is 4.95. The van der Waals surface area contributed by atoms with Crippen molar-refractivity contribution in [3.8, 4) is 17.5 Å². The van der Waals surface area contributed by atoms with Crippen LogP contribution in [0.4, 0.5) is 0 Å². The molecule has 2 heterocycles. The van der Waals surface area contributed by atoms with Crippen molar-refractivity contribution in [1.82, 2.24) is 14.8 Å². The van der Waals surface area contributed by atoms with E-state index in [1.54, 1.807) is 6.20 Å². The molecule has 1 unspecified atom stereocenters. The van der Waals surface area contributed by atoms with Gasteiger partial charge in [-0.05, 0) is 60.7 Å². The number of rotatable bonds is 2. The van der Waals surface area contributed by atoms with Crippen LogP contribution in [0.3, 0.4) is 0 Å². The van der Waals surface area contributed by atoms with Crippen molar-refractivity contribution in [2.45, 2.75) is 25.7 Å². The van der Waals surface area contributed by atoms with Crippen molar-refractivity contribution in [2.75, 3.05) is 0 Å². The quantitative estimate of drug-likeness (QED) is 0.459. The number of benzene rings is 2. The van der Waals surface area contributed by atoms with Gasteiger partial charge in [-0.3, -0.25) is 4.98 Å². The summed E-state index contributed by atoms with van der Waals surface area (Å²) in [6.07, 6.45) is 8.03. The maximum atomic E-state index is 4.95. The summed E-state index contributed by atoms with van der Waals surface area (Å²) < 4.78 is 2.00. The molecule has 29 heavy (non-hydrogen) atoms. The molecule has 0 amide bonds. The average Bonchev–Trinajstić information content (AvgIpc) is 3.34. The molecule has 3 heteroatoms. The first-order valence-electron chi connectivity index (χ1n) is 9.94. The monoisotopic (exact) mass is 375 g/mol. The highest BCUT2D eigenvalue weighted by Crippen LogP contribution is 2.37. The molecule has 2 aromatic carbocycles. The molecule has 0 N–H and O–H groups in total. The van der Waals surface area contributed by atoms with Crippen LogP contribution in [0.2, 0.25) is 0 Å². The van der Waals surface area contributed by atoms with E-state index >= 15 is 0 Å². The molecule has 2 aromatic heterocycles. The first-order chi connectivity index (χ1) is 14.3. The van der Waals surface area contributed by atoms with Crippen LogP contribution in [-0.4, -0.2) is 14.8 Å². The number of fused-ring (bicyclic) bond motifs is 1. The molecule has 1 aliphatic rings. The Morgan fingerprint density at radius 2 is 1.79 bits per heavy atom. The Balaban J connectivity index is 1.44. The van der Waals surface area contributed by atoms with E-state index in [0.29, 0.717) is 5.92 Å². The van der Waals surface area contributed by atoms with Gasteiger partial charge in [0.25, 0.3) is 0 Å². The third kappa shape index (κ3) is 3.58. The minimum Gasteiger partial charge on any atom is -0.263 e. The van der Waals surface area contributed by atoms with Crippen molar-refractivity contribution >= 4 is 0 Å². The highest BCUT2D eigenvalue weighted by atomic mass is 15.3. The Morgan fingerprint density at radius 3 is 2.66 bits per heavy atom. The highest BCUT2D eigenvalue weighted by molar-refractivity contribution is 5.48. The Morgan fingerprint density at radius 1 is 0.931 bits per heavy atom. The van der Waals surface area contributed by atoms with E-state index in [-0.39, 0.29) is 0 Å². The van der Waals surface area contributed by atoms with Gasteiger partial charge in [0, 0.05) is 35.6 Å². The summed E-state index contributed by atoms with van der Waals surface area (Å²) in [6, 6.07) is 21.0. The van der Waals surface area contributed by atoms with Crippen molar-refractivity contribution < 1.29 is 0 Å². The minimum atomic E-state index is 0.393. The third-order valence-corrected chi connectivity index (χ3v) is 5.39. The van der Waals surface area contributed by atoms with E-state index in [4.69, 9.17) is 5.10 Å². The molecule has 0 fully saturated rings. The van der Waals surface area contributed by atoms with Gasteiger partial charge in [-0.1, -0.05) is 48.2 Å². The second-order valence-corrected chi connectivity index (χ2v) is 7.54. The van der Waals surface area contributed by atoms with Crippen molar-refractivity contribution in [1.29, 1.82) is 0 Å². The van der Waals surface area contributed by atoms with Gasteiger partial charge in [-0.25, -0.2) is 4.68 Å². The molecule has 0 radical (unpaired) electrons. The Hall–Kier alpha value is -3.64. The largest absolute Gasteiger partial charge is 0.263 e. The van der Waals surface area contributed by atoms with Gasteiger partial charge in [0.2, 0.25) is 0 Å². The molecule has 140 valence electrons. The summed E-state index contributed by atoms with van der Waals surface area (Å²) in [6.45, 7) is 2.03. The fourth-order valence-corrected chi connectivity index (χ4v) is 3.98. The molecule has 0 saturated carbocycles. The number of nitrogens with zero attached hydrogens (tertiary/aromatic N) is 3. The Labute approximate surface area is 171 Å². The normalized spacial score (nSPS) is 14.9. The van der Waals surface area contributed by atoms with Crippen molar-refractivity contribution in [2.24, 2.45) is 0 Å². The SMILES string of the molecule is Cc1cncc(C#Cc2cccc(-n3cc4c(n3)C(c3ccccc3)CC4)c2)c1. The number of hydrogen-bond donors (Lipinski definition) is 0. The summed E-state index contributed by atoms with van der Waals surface area (Å²) in [5.41, 5.74) is 7.96. The van der Waals surface area contributed by atoms with E-state index in [1.165, 1.54) is 16.8 Å². The maximum absolute atomic E-state index is 4.95. The molecule has 0 spiro atoms. The molecule has 5 rings (SSSR count). The number of pyridine rings is 1. The lowest BCUT2D eigenvalue weighted by Crippen LogP contribution is -2.01. The van der Waals surface area contributed by atoms with Crippen molar-refractivity contribution in [3.05, 3.63) is 113 Å². The summed E-state index contributed by atoms with van der Waals surface area (Å²) >= 11 is 0. The summed E-state index contributed by atoms with van der Waals surface area (Å²) in [4.78, 5) is 4.21. The van der Waals surface area contributed by atoms with Gasteiger partial charge >= 0.3 is 0 Å². The standard InChI is InChI=1S/C26H21N3/c1-19-14-21(17-27-16-19)11-10-20-6-5-9-24(15-20)29-18-23-12-13-25(26(23)28-29)22-7-3-2-4-8-22/h2-9,14-18,25H,12-13H2,1H3. The predicted molar refractivity (Wildman–Crippen MR) is 115 cm³/mol. The number of hydrogen-bond acceptors (Lipinski definition) is 2. The van der Waals surface area contributed by atoms with Crippen molar-refractivity contribution in [3.63, 3.8) is 0 Å². The molecule has 1 aliphatic carbocycles. The van der Waals surface area contributed by atoms with Crippen LogP contribution < -0.4 is 0 Å². The summed E-state index contributed by atoms with van der Waals surface area (Å²) in [7, 11) is 0. The molecular weight excluding hydrogens is 354 g/mol. The first kappa shape index (κ1) is 17.5. The molecule has 0 bridgehead atoms. The van der Waals surface area contributed by atoms with Crippen LogP contribution in [-0.2, 0) is 6.42 Å². The third-order valence-electron chi connectivity index (χ3n) is 5.39. The second kappa shape index (κ2) is 7.41. The second-order valence-electron chi connectivity index (χ2n) is 7.54. The number of aryl methyl sites for hydroxylation is 2. The molecule has 0 saturated heterocycles. The Kier molecular flexibility index (Phi) is 4.46. The van der Waals surface area contributed by atoms with Crippen LogP contribution in [0.1, 0.15) is 45.8 Å². The topological polar surface area (TPSA) is 30.7 Å². The van der Waals surface area contributed by atoms with Gasteiger partial charge in [-0.15, -0.1) is 0 Å². The number of aromatic nitrogens is 3. The van der Waals surface area contributed by atoms with Gasteiger partial charge in [0.05, 0.1) is 11.4 Å². The zero-order chi connectivity index (χ0) is 19.6. The Bertz CT molecular complexity index is 1230. The molecule has 0 aliphatic heterocycles. The predicted octanol–water partition coefficient (Wildman–Crippen LogP) is 5.05. The van der Waals surface area contributed by atoms with E-state index in [9.17, 15) is 0 Å². The first-order valence-corrected chi connectivity index (χ1v) is 9.94. The van der Waals surface area contributed by atoms with Crippen LogP contribution in [0.25, 0.3) is 5.69 Å². The molecule has 3 nitrogen and oxygen atoms in total. The average molecular weight is 375 g/mol. The summed E-state index contributed by atoms with van der Waals surface area (Å²) in [5.74, 6) is 6.85. The molecule has 4 aromatic rings. The van der Waals surface area contributed by atoms with E-state index < -0.39 is 0 Å². The molecular formula is C26H21N3. The van der Waals surface area contributed by atoms with Gasteiger partial charge in [0.1, 0.15) is 0 Å².